The molecule has 0 saturated carbocycles. The van der Waals surface area contributed by atoms with Crippen LogP contribution < -0.4 is 4.98 Å². The Morgan fingerprint density at radius 1 is 1.19 bits per heavy atom. The van der Waals surface area contributed by atoms with Crippen molar-refractivity contribution in [1.29, 1.82) is 0 Å². The largest absolute Gasteiger partial charge is 0.410 e. The average molecular weight is 233 g/mol. The van der Waals surface area contributed by atoms with Gasteiger partial charge in [0.2, 0.25) is 0 Å². The van der Waals surface area contributed by atoms with Gasteiger partial charge < -0.3 is 4.98 Å². The van der Waals surface area contributed by atoms with Crippen molar-refractivity contribution in [2.45, 2.75) is 40.4 Å². The highest BCUT2D eigenvalue weighted by Gasteiger charge is 2.17. The number of rotatable bonds is 2. The SMILES string of the molecule is CC(C)(C)C1=CC(=C=CN[Si](C)(C)C)C=C1. The highest BCUT2D eigenvalue weighted by molar-refractivity contribution is 6.73. The Labute approximate surface area is 101 Å². The van der Waals surface area contributed by atoms with Crippen LogP contribution in [0.1, 0.15) is 20.8 Å². The van der Waals surface area contributed by atoms with Crippen molar-refractivity contribution in [3.05, 3.63) is 41.3 Å². The van der Waals surface area contributed by atoms with Crippen molar-refractivity contribution in [3.8, 4) is 0 Å². The molecule has 0 heterocycles. The molecular formula is C14H23NSi. The van der Waals surface area contributed by atoms with Gasteiger partial charge >= 0.3 is 0 Å². The second kappa shape index (κ2) is 4.48. The van der Waals surface area contributed by atoms with Crippen molar-refractivity contribution in [3.63, 3.8) is 0 Å². The molecule has 0 aromatic carbocycles. The van der Waals surface area contributed by atoms with Crippen LogP contribution in [-0.4, -0.2) is 8.24 Å². The molecule has 1 N–H and O–H groups in total. The smallest absolute Gasteiger partial charge is 0.144 e. The second-order valence-electron chi connectivity index (χ2n) is 6.32. The molecule has 2 heteroatoms. The van der Waals surface area contributed by atoms with Crippen LogP contribution in [0.2, 0.25) is 19.6 Å². The van der Waals surface area contributed by atoms with E-state index in [0.29, 0.717) is 0 Å². The van der Waals surface area contributed by atoms with Gasteiger partial charge in [-0.15, -0.1) is 0 Å². The summed E-state index contributed by atoms with van der Waals surface area (Å²) >= 11 is 0. The molecule has 0 aliphatic heterocycles. The molecule has 88 valence electrons. The Bertz CT molecular complexity index is 380. The summed E-state index contributed by atoms with van der Waals surface area (Å²) in [5.41, 5.74) is 6.05. The van der Waals surface area contributed by atoms with Crippen LogP contribution in [0.3, 0.4) is 0 Å². The summed E-state index contributed by atoms with van der Waals surface area (Å²) in [4.78, 5) is 3.42. The first-order valence-electron chi connectivity index (χ1n) is 5.82. The van der Waals surface area contributed by atoms with Crippen molar-refractivity contribution < 1.29 is 0 Å². The number of hydrogen-bond acceptors (Lipinski definition) is 1. The molecule has 0 aromatic heterocycles. The van der Waals surface area contributed by atoms with Crippen LogP contribution in [0.4, 0.5) is 0 Å². The zero-order chi connectivity index (χ0) is 12.4. The normalized spacial score (nSPS) is 15.9. The minimum absolute atomic E-state index is 0.228. The molecule has 0 bridgehead atoms. The van der Waals surface area contributed by atoms with Gasteiger partial charge in [0.15, 0.2) is 0 Å². The first-order valence-corrected chi connectivity index (χ1v) is 9.32. The summed E-state index contributed by atoms with van der Waals surface area (Å²) in [6.45, 7) is 13.5. The summed E-state index contributed by atoms with van der Waals surface area (Å²) in [5.74, 6) is 0. The Morgan fingerprint density at radius 3 is 2.25 bits per heavy atom. The quantitative estimate of drug-likeness (QED) is 0.562. The van der Waals surface area contributed by atoms with Crippen molar-refractivity contribution >= 4 is 8.24 Å². The van der Waals surface area contributed by atoms with Crippen LogP contribution in [-0.2, 0) is 0 Å². The fourth-order valence-electron chi connectivity index (χ4n) is 1.34. The van der Waals surface area contributed by atoms with Crippen LogP contribution in [0.15, 0.2) is 41.3 Å². The second-order valence-corrected chi connectivity index (χ2v) is 11.1. The lowest BCUT2D eigenvalue weighted by atomic mass is 9.87. The van der Waals surface area contributed by atoms with Gasteiger partial charge in [-0.05, 0) is 23.1 Å². The minimum atomic E-state index is -1.21. The van der Waals surface area contributed by atoms with E-state index in [9.17, 15) is 0 Å². The van der Waals surface area contributed by atoms with Crippen LogP contribution in [0.25, 0.3) is 0 Å². The summed E-state index contributed by atoms with van der Waals surface area (Å²) in [7, 11) is -1.21. The van der Waals surface area contributed by atoms with Crippen molar-refractivity contribution in [2.75, 3.05) is 0 Å². The fourth-order valence-corrected chi connectivity index (χ4v) is 1.84. The summed E-state index contributed by atoms with van der Waals surface area (Å²) < 4.78 is 0. The molecule has 0 amide bonds. The first kappa shape index (κ1) is 13.1. The molecule has 1 aliphatic rings. The minimum Gasteiger partial charge on any atom is -0.410 e. The summed E-state index contributed by atoms with van der Waals surface area (Å²) in [5, 5.41) is 0. The highest BCUT2D eigenvalue weighted by Crippen LogP contribution is 2.31. The van der Waals surface area contributed by atoms with E-state index in [0.717, 1.165) is 5.57 Å². The van der Waals surface area contributed by atoms with E-state index in [1.54, 1.807) is 0 Å². The van der Waals surface area contributed by atoms with E-state index in [4.69, 9.17) is 0 Å². The van der Waals surface area contributed by atoms with E-state index < -0.39 is 8.24 Å². The Balaban J connectivity index is 2.77. The zero-order valence-electron chi connectivity index (χ0n) is 11.3. The maximum absolute atomic E-state index is 3.42. The third-order valence-electron chi connectivity index (χ3n) is 2.36. The molecule has 16 heavy (non-hydrogen) atoms. The Kier molecular flexibility index (Phi) is 3.67. The molecule has 0 spiro atoms. The zero-order valence-corrected chi connectivity index (χ0v) is 12.3. The Morgan fingerprint density at radius 2 is 1.81 bits per heavy atom. The molecule has 1 nitrogen and oxygen atoms in total. The fraction of sp³-hybridized carbons (Fsp3) is 0.500. The Hall–Kier alpha value is -0.983. The third kappa shape index (κ3) is 4.26. The van der Waals surface area contributed by atoms with E-state index in [1.807, 2.05) is 6.20 Å². The standard InChI is InChI=1S/C14H23NSi/c1-14(2,3)13-8-7-12(11-13)9-10-15-16(4,5)6/h7-8,10-11,15H,1-6H3. The molecule has 0 radical (unpaired) electrons. The molecule has 0 fully saturated rings. The molecular weight excluding hydrogens is 210 g/mol. The van der Waals surface area contributed by atoms with Gasteiger partial charge in [0.1, 0.15) is 8.24 Å². The lowest BCUT2D eigenvalue weighted by Gasteiger charge is -2.17. The van der Waals surface area contributed by atoms with E-state index in [1.165, 1.54) is 5.57 Å². The predicted molar refractivity (Wildman–Crippen MR) is 74.8 cm³/mol. The van der Waals surface area contributed by atoms with Gasteiger partial charge in [0, 0.05) is 11.8 Å². The topological polar surface area (TPSA) is 12.0 Å². The first-order chi connectivity index (χ1) is 7.18. The van der Waals surface area contributed by atoms with Gasteiger partial charge in [-0.25, -0.2) is 0 Å². The third-order valence-corrected chi connectivity index (χ3v) is 3.37. The molecule has 1 aliphatic carbocycles. The van der Waals surface area contributed by atoms with E-state index in [2.05, 4.69) is 69.4 Å². The monoisotopic (exact) mass is 233 g/mol. The average Bonchev–Trinajstić information content (AvgIpc) is 2.49. The maximum atomic E-state index is 3.42. The number of nitrogens with one attached hydrogen (secondary N) is 1. The van der Waals surface area contributed by atoms with Gasteiger partial charge in [-0.2, -0.15) is 0 Å². The van der Waals surface area contributed by atoms with Crippen molar-refractivity contribution in [2.24, 2.45) is 5.41 Å². The lowest BCUT2D eigenvalue weighted by Crippen LogP contribution is -2.36. The molecule has 1 rings (SSSR count). The summed E-state index contributed by atoms with van der Waals surface area (Å²) in [6, 6.07) is 0. The predicted octanol–water partition coefficient (Wildman–Crippen LogP) is 3.99. The molecule has 0 unspecified atom stereocenters. The molecule has 0 atom stereocenters. The van der Waals surface area contributed by atoms with Crippen LogP contribution in [0, 0.1) is 5.41 Å². The number of hydrogen-bond donors (Lipinski definition) is 1. The lowest BCUT2D eigenvalue weighted by molar-refractivity contribution is 0.518. The number of allylic oxidation sites excluding steroid dienone is 5. The molecule has 0 aromatic rings. The maximum Gasteiger partial charge on any atom is 0.144 e. The van der Waals surface area contributed by atoms with Gasteiger partial charge in [-0.1, -0.05) is 52.2 Å². The highest BCUT2D eigenvalue weighted by atomic mass is 28.3. The van der Waals surface area contributed by atoms with Crippen molar-refractivity contribution in [1.82, 2.24) is 4.98 Å². The van der Waals surface area contributed by atoms with Gasteiger partial charge in [0.05, 0.1) is 0 Å². The van der Waals surface area contributed by atoms with Gasteiger partial charge in [-0.3, -0.25) is 0 Å². The van der Waals surface area contributed by atoms with E-state index >= 15 is 0 Å². The molecule has 0 saturated heterocycles. The van der Waals surface area contributed by atoms with Gasteiger partial charge in [0.25, 0.3) is 0 Å². The summed E-state index contributed by atoms with van der Waals surface area (Å²) in [6.07, 6.45) is 8.49. The van der Waals surface area contributed by atoms with Crippen LogP contribution in [0.5, 0.6) is 0 Å². The van der Waals surface area contributed by atoms with E-state index in [-0.39, 0.29) is 5.41 Å². The van der Waals surface area contributed by atoms with Crippen LogP contribution >= 0.6 is 0 Å².